The van der Waals surface area contributed by atoms with Crippen LogP contribution >= 0.6 is 0 Å². The Balaban J connectivity index is 2.10. The molecule has 0 spiro atoms. The molecule has 0 aromatic heterocycles. The van der Waals surface area contributed by atoms with Gasteiger partial charge in [-0.1, -0.05) is 54.6 Å². The molecule has 0 aliphatic carbocycles. The van der Waals surface area contributed by atoms with Crippen LogP contribution in [0.2, 0.25) is 0 Å². The fourth-order valence-corrected chi connectivity index (χ4v) is 3.51. The lowest BCUT2D eigenvalue weighted by Gasteiger charge is -2.05. The molecule has 104 valence electrons. The molecule has 0 aliphatic heterocycles. The van der Waals surface area contributed by atoms with Crippen molar-refractivity contribution in [2.75, 3.05) is 17.3 Å². The number of carbonyl (C=O) groups excluding carboxylic acids is 1. The zero-order valence-corrected chi connectivity index (χ0v) is 13.0. The predicted octanol–water partition coefficient (Wildman–Crippen LogP) is 4.19. The van der Waals surface area contributed by atoms with Gasteiger partial charge in [0.25, 0.3) is 0 Å². The van der Waals surface area contributed by atoms with Crippen LogP contribution < -0.4 is 0 Å². The summed E-state index contributed by atoms with van der Waals surface area (Å²) in [6.07, 6.45) is 0. The Hall–Kier alpha value is -1.54. The first-order valence-electron chi connectivity index (χ1n) is 7.07. The van der Waals surface area contributed by atoms with E-state index in [1.54, 1.807) is 0 Å². The molecule has 2 heteroatoms. The third kappa shape index (κ3) is 3.73. The summed E-state index contributed by atoms with van der Waals surface area (Å²) in [4.78, 5) is 12.2. The summed E-state index contributed by atoms with van der Waals surface area (Å²) in [5, 5.41) is 0. The van der Waals surface area contributed by atoms with E-state index in [0.717, 1.165) is 22.6 Å². The number of Topliss-reactive ketones (excluding diaryl/α,β-unsaturated/α-hetero) is 1. The summed E-state index contributed by atoms with van der Waals surface area (Å²) in [6, 6.07) is 18.2. The van der Waals surface area contributed by atoms with E-state index in [9.17, 15) is 4.79 Å². The van der Waals surface area contributed by atoms with E-state index in [-0.39, 0.29) is 16.7 Å². The molecular formula is C18H21OS+. The van der Waals surface area contributed by atoms with Crippen LogP contribution in [0.3, 0.4) is 0 Å². The monoisotopic (exact) mass is 285 g/mol. The smallest absolute Gasteiger partial charge is 0.211 e. The molecular weight excluding hydrogens is 264 g/mol. The molecule has 0 aliphatic rings. The van der Waals surface area contributed by atoms with Crippen LogP contribution in [0.1, 0.15) is 24.2 Å². The van der Waals surface area contributed by atoms with Gasteiger partial charge in [0.2, 0.25) is 5.78 Å². The van der Waals surface area contributed by atoms with Crippen molar-refractivity contribution < 1.29 is 4.79 Å². The Morgan fingerprint density at radius 1 is 0.850 bits per heavy atom. The van der Waals surface area contributed by atoms with Gasteiger partial charge in [0.15, 0.2) is 5.75 Å². The van der Waals surface area contributed by atoms with Gasteiger partial charge in [-0.3, -0.25) is 4.79 Å². The summed E-state index contributed by atoms with van der Waals surface area (Å²) in [5.41, 5.74) is 3.18. The molecule has 0 unspecified atom stereocenters. The Kier molecular flexibility index (Phi) is 5.42. The van der Waals surface area contributed by atoms with Gasteiger partial charge >= 0.3 is 0 Å². The SMILES string of the molecule is CC[S+](CC)CC(=O)c1ccc(-c2ccccc2)cc1. The summed E-state index contributed by atoms with van der Waals surface area (Å²) in [6.45, 7) is 4.33. The number of ketones is 1. The lowest BCUT2D eigenvalue weighted by molar-refractivity contribution is 0.102. The maximum atomic E-state index is 12.2. The molecule has 2 rings (SSSR count). The first kappa shape index (κ1) is 14.9. The van der Waals surface area contributed by atoms with Gasteiger partial charge in [0.1, 0.15) is 11.5 Å². The minimum Gasteiger partial charge on any atom is -0.289 e. The molecule has 0 fully saturated rings. The first-order chi connectivity index (χ1) is 9.74. The lowest BCUT2D eigenvalue weighted by Crippen LogP contribution is -2.20. The molecule has 2 aromatic carbocycles. The second-order valence-electron chi connectivity index (χ2n) is 4.70. The van der Waals surface area contributed by atoms with Crippen LogP contribution in [0.5, 0.6) is 0 Å². The van der Waals surface area contributed by atoms with E-state index in [1.165, 1.54) is 5.56 Å². The highest BCUT2D eigenvalue weighted by Gasteiger charge is 2.19. The third-order valence-corrected chi connectivity index (χ3v) is 5.77. The van der Waals surface area contributed by atoms with Gasteiger partial charge in [0.05, 0.1) is 0 Å². The topological polar surface area (TPSA) is 17.1 Å². The first-order valence-corrected chi connectivity index (χ1v) is 8.80. The Labute approximate surface area is 124 Å². The largest absolute Gasteiger partial charge is 0.289 e. The highest BCUT2D eigenvalue weighted by atomic mass is 32.2. The maximum Gasteiger partial charge on any atom is 0.211 e. The quantitative estimate of drug-likeness (QED) is 0.574. The molecule has 20 heavy (non-hydrogen) atoms. The van der Waals surface area contributed by atoms with E-state index in [0.29, 0.717) is 5.75 Å². The number of hydrogen-bond acceptors (Lipinski definition) is 1. The van der Waals surface area contributed by atoms with Gasteiger partial charge in [-0.25, -0.2) is 0 Å². The molecule has 0 N–H and O–H groups in total. The summed E-state index contributed by atoms with van der Waals surface area (Å²) < 4.78 is 0. The third-order valence-electron chi connectivity index (χ3n) is 3.47. The average Bonchev–Trinajstić information content (AvgIpc) is 2.53. The second kappa shape index (κ2) is 7.30. The van der Waals surface area contributed by atoms with Crippen molar-refractivity contribution in [3.63, 3.8) is 0 Å². The maximum absolute atomic E-state index is 12.2. The van der Waals surface area contributed by atoms with Gasteiger partial charge in [0, 0.05) is 5.56 Å². The Bertz CT molecular complexity index is 541. The van der Waals surface area contributed by atoms with Crippen molar-refractivity contribution in [2.24, 2.45) is 0 Å². The minimum absolute atomic E-state index is 0.240. The molecule has 0 saturated heterocycles. The Morgan fingerprint density at radius 3 is 1.95 bits per heavy atom. The van der Waals surface area contributed by atoms with Crippen molar-refractivity contribution in [1.29, 1.82) is 0 Å². The molecule has 0 bridgehead atoms. The van der Waals surface area contributed by atoms with E-state index in [2.05, 4.69) is 26.0 Å². The lowest BCUT2D eigenvalue weighted by atomic mass is 10.0. The Morgan fingerprint density at radius 2 is 1.40 bits per heavy atom. The van der Waals surface area contributed by atoms with Crippen LogP contribution in [-0.4, -0.2) is 23.0 Å². The number of rotatable bonds is 6. The average molecular weight is 285 g/mol. The highest BCUT2D eigenvalue weighted by Crippen LogP contribution is 2.19. The van der Waals surface area contributed by atoms with E-state index in [1.807, 2.05) is 42.5 Å². The number of hydrogen-bond donors (Lipinski definition) is 0. The van der Waals surface area contributed by atoms with Crippen molar-refractivity contribution in [2.45, 2.75) is 13.8 Å². The van der Waals surface area contributed by atoms with Gasteiger partial charge in [-0.15, -0.1) is 0 Å². The van der Waals surface area contributed by atoms with Gasteiger partial charge in [-0.05, 0) is 35.9 Å². The van der Waals surface area contributed by atoms with Crippen molar-refractivity contribution in [3.8, 4) is 11.1 Å². The van der Waals surface area contributed by atoms with Gasteiger partial charge in [-0.2, -0.15) is 0 Å². The second-order valence-corrected chi connectivity index (χ2v) is 7.37. The zero-order chi connectivity index (χ0) is 14.4. The summed E-state index contributed by atoms with van der Waals surface area (Å²) >= 11 is 0. The number of benzene rings is 2. The summed E-state index contributed by atoms with van der Waals surface area (Å²) in [7, 11) is 0.240. The van der Waals surface area contributed by atoms with Gasteiger partial charge < -0.3 is 0 Å². The van der Waals surface area contributed by atoms with Crippen LogP contribution in [0.25, 0.3) is 11.1 Å². The fraction of sp³-hybridized carbons (Fsp3) is 0.278. The van der Waals surface area contributed by atoms with Crippen LogP contribution in [-0.2, 0) is 10.9 Å². The molecule has 0 atom stereocenters. The highest BCUT2D eigenvalue weighted by molar-refractivity contribution is 7.97. The summed E-state index contributed by atoms with van der Waals surface area (Å²) in [5.74, 6) is 3.17. The minimum atomic E-state index is 0.240. The number of carbonyl (C=O) groups is 1. The molecule has 0 amide bonds. The van der Waals surface area contributed by atoms with Crippen LogP contribution in [0.4, 0.5) is 0 Å². The van der Waals surface area contributed by atoms with E-state index >= 15 is 0 Å². The van der Waals surface area contributed by atoms with Crippen LogP contribution in [0.15, 0.2) is 54.6 Å². The molecule has 1 nitrogen and oxygen atoms in total. The standard InChI is InChI=1S/C18H21OS/c1-3-20(4-2)14-18(19)17-12-10-16(11-13-17)15-8-6-5-7-9-15/h5-13H,3-4,14H2,1-2H3/q+1. The van der Waals surface area contributed by atoms with Crippen molar-refractivity contribution in [1.82, 2.24) is 0 Å². The molecule has 2 aromatic rings. The molecule has 0 radical (unpaired) electrons. The van der Waals surface area contributed by atoms with Crippen molar-refractivity contribution in [3.05, 3.63) is 60.2 Å². The normalized spacial score (nSPS) is 10.8. The molecule has 0 heterocycles. The molecule has 0 saturated carbocycles. The van der Waals surface area contributed by atoms with E-state index in [4.69, 9.17) is 0 Å². The van der Waals surface area contributed by atoms with Crippen molar-refractivity contribution >= 4 is 16.7 Å². The fourth-order valence-electron chi connectivity index (χ4n) is 2.16. The van der Waals surface area contributed by atoms with E-state index < -0.39 is 0 Å². The zero-order valence-electron chi connectivity index (χ0n) is 12.1. The predicted molar refractivity (Wildman–Crippen MR) is 89.5 cm³/mol. The van der Waals surface area contributed by atoms with Crippen LogP contribution in [0, 0.1) is 0 Å².